The van der Waals surface area contributed by atoms with Crippen LogP contribution in [-0.4, -0.2) is 29.4 Å². The molecule has 0 aliphatic heterocycles. The molecule has 0 atom stereocenters. The molecule has 1 aromatic heterocycles. The number of hydrogen-bond acceptors (Lipinski definition) is 1. The van der Waals surface area contributed by atoms with Crippen LogP contribution < -0.4 is 0 Å². The molecule has 1 amide bonds. The first-order valence-electron chi connectivity index (χ1n) is 7.43. The van der Waals surface area contributed by atoms with Gasteiger partial charge in [-0.2, -0.15) is 0 Å². The van der Waals surface area contributed by atoms with Gasteiger partial charge in [0.15, 0.2) is 0 Å². The van der Waals surface area contributed by atoms with Gasteiger partial charge in [-0.3, -0.25) is 4.79 Å². The number of carbonyl (C=O) groups is 1. The Kier molecular flexibility index (Phi) is 4.83. The number of hydrogen-bond donors (Lipinski definition) is 1. The van der Waals surface area contributed by atoms with E-state index in [0.717, 1.165) is 31.3 Å². The number of nitrogens with one attached hydrogen (secondary N) is 1. The van der Waals surface area contributed by atoms with Gasteiger partial charge in [0.1, 0.15) is 0 Å². The maximum absolute atomic E-state index is 12.1. The first kappa shape index (κ1) is 14.6. The normalized spacial score (nSPS) is 10.9. The zero-order chi connectivity index (χ0) is 14.5. The van der Waals surface area contributed by atoms with Gasteiger partial charge in [-0.15, -0.1) is 0 Å². The fourth-order valence-electron chi connectivity index (χ4n) is 2.60. The third kappa shape index (κ3) is 3.21. The van der Waals surface area contributed by atoms with Crippen molar-refractivity contribution in [3.8, 4) is 0 Å². The van der Waals surface area contributed by atoms with Gasteiger partial charge in [0.25, 0.3) is 0 Å². The van der Waals surface area contributed by atoms with E-state index in [1.54, 1.807) is 0 Å². The highest BCUT2D eigenvalue weighted by Crippen LogP contribution is 2.23. The van der Waals surface area contributed by atoms with Crippen LogP contribution >= 0.6 is 0 Å². The van der Waals surface area contributed by atoms with Crippen LogP contribution in [0.1, 0.15) is 37.4 Å². The van der Waals surface area contributed by atoms with Gasteiger partial charge in [-0.25, -0.2) is 0 Å². The van der Waals surface area contributed by atoms with Gasteiger partial charge in [0, 0.05) is 36.6 Å². The summed E-state index contributed by atoms with van der Waals surface area (Å²) < 4.78 is 0. The fraction of sp³-hybridized carbons (Fsp3) is 0.471. The van der Waals surface area contributed by atoms with Gasteiger partial charge < -0.3 is 9.88 Å². The van der Waals surface area contributed by atoms with Crippen molar-refractivity contribution in [2.75, 3.05) is 13.6 Å². The lowest BCUT2D eigenvalue weighted by atomic mass is 10.1. The Hall–Kier alpha value is -1.77. The average Bonchev–Trinajstić information content (AvgIpc) is 2.77. The average molecular weight is 272 g/mol. The third-order valence-corrected chi connectivity index (χ3v) is 3.89. The lowest BCUT2D eigenvalue weighted by molar-refractivity contribution is -0.129. The summed E-state index contributed by atoms with van der Waals surface area (Å²) in [6.45, 7) is 5.09. The molecule has 0 aliphatic carbocycles. The minimum atomic E-state index is 0.239. The molecule has 108 valence electrons. The van der Waals surface area contributed by atoms with Gasteiger partial charge in [0.05, 0.1) is 0 Å². The van der Waals surface area contributed by atoms with Crippen LogP contribution in [0.5, 0.6) is 0 Å². The number of benzene rings is 1. The predicted octanol–water partition coefficient (Wildman–Crippen LogP) is 3.67. The summed E-state index contributed by atoms with van der Waals surface area (Å²) in [5, 5.41) is 1.24. The number of aromatic amines is 1. The molecule has 20 heavy (non-hydrogen) atoms. The summed E-state index contributed by atoms with van der Waals surface area (Å²) >= 11 is 0. The van der Waals surface area contributed by atoms with Crippen molar-refractivity contribution in [1.29, 1.82) is 0 Å². The Labute approximate surface area is 121 Å². The summed E-state index contributed by atoms with van der Waals surface area (Å²) in [5.41, 5.74) is 3.61. The Bertz CT molecular complexity index is 586. The Balaban J connectivity index is 2.02. The van der Waals surface area contributed by atoms with E-state index < -0.39 is 0 Å². The molecule has 0 fully saturated rings. The van der Waals surface area contributed by atoms with Crippen molar-refractivity contribution in [2.45, 2.75) is 39.5 Å². The van der Waals surface area contributed by atoms with Gasteiger partial charge in [0.2, 0.25) is 5.91 Å². The number of amides is 1. The van der Waals surface area contributed by atoms with Crippen molar-refractivity contribution in [3.63, 3.8) is 0 Å². The summed E-state index contributed by atoms with van der Waals surface area (Å²) in [4.78, 5) is 17.4. The van der Waals surface area contributed by atoms with E-state index in [1.165, 1.54) is 16.6 Å². The summed E-state index contributed by atoms with van der Waals surface area (Å²) in [6, 6.07) is 8.29. The van der Waals surface area contributed by atoms with Crippen LogP contribution in [0.15, 0.2) is 24.3 Å². The second kappa shape index (κ2) is 6.60. The molecule has 0 saturated heterocycles. The molecular weight excluding hydrogens is 248 g/mol. The summed E-state index contributed by atoms with van der Waals surface area (Å²) in [5.74, 6) is 0.239. The number of carbonyl (C=O) groups excluding carboxylic acids is 1. The van der Waals surface area contributed by atoms with Crippen LogP contribution in [0.3, 0.4) is 0 Å². The van der Waals surface area contributed by atoms with Crippen molar-refractivity contribution < 1.29 is 4.79 Å². The molecule has 1 N–H and O–H groups in total. The van der Waals surface area contributed by atoms with E-state index >= 15 is 0 Å². The van der Waals surface area contributed by atoms with Crippen molar-refractivity contribution in [3.05, 3.63) is 35.5 Å². The molecule has 1 heterocycles. The largest absolute Gasteiger partial charge is 0.358 e. The molecule has 0 bridgehead atoms. The van der Waals surface area contributed by atoms with Crippen LogP contribution in [0.2, 0.25) is 0 Å². The predicted molar refractivity (Wildman–Crippen MR) is 83.9 cm³/mol. The maximum Gasteiger partial charge on any atom is 0.222 e. The molecule has 0 aliphatic rings. The topological polar surface area (TPSA) is 36.1 Å². The minimum Gasteiger partial charge on any atom is -0.358 e. The molecular formula is C17H24N2O. The quantitative estimate of drug-likeness (QED) is 0.855. The lowest BCUT2D eigenvalue weighted by Crippen LogP contribution is -2.27. The van der Waals surface area contributed by atoms with E-state index in [-0.39, 0.29) is 5.91 Å². The highest BCUT2D eigenvalue weighted by molar-refractivity contribution is 5.85. The van der Waals surface area contributed by atoms with Gasteiger partial charge in [-0.05, 0) is 31.4 Å². The first-order valence-corrected chi connectivity index (χ1v) is 7.43. The number of aryl methyl sites for hydroxylation is 2. The van der Waals surface area contributed by atoms with Crippen molar-refractivity contribution in [2.24, 2.45) is 0 Å². The van der Waals surface area contributed by atoms with Crippen LogP contribution in [0.25, 0.3) is 10.9 Å². The second-order valence-electron chi connectivity index (χ2n) is 5.44. The van der Waals surface area contributed by atoms with E-state index in [9.17, 15) is 4.79 Å². The highest BCUT2D eigenvalue weighted by atomic mass is 16.2. The molecule has 2 rings (SSSR count). The van der Waals surface area contributed by atoms with E-state index in [0.29, 0.717) is 6.42 Å². The van der Waals surface area contributed by atoms with E-state index in [1.807, 2.05) is 24.1 Å². The third-order valence-electron chi connectivity index (χ3n) is 3.89. The van der Waals surface area contributed by atoms with Gasteiger partial charge >= 0.3 is 0 Å². The highest BCUT2D eigenvalue weighted by Gasteiger charge is 2.12. The number of rotatable bonds is 6. The fourth-order valence-corrected chi connectivity index (χ4v) is 2.60. The van der Waals surface area contributed by atoms with E-state index in [2.05, 4.69) is 31.0 Å². The van der Waals surface area contributed by atoms with Crippen molar-refractivity contribution >= 4 is 16.8 Å². The Morgan fingerprint density at radius 2 is 2.05 bits per heavy atom. The number of unbranched alkanes of at least 4 members (excludes halogenated alkanes) is 1. The van der Waals surface area contributed by atoms with Crippen LogP contribution in [0.4, 0.5) is 0 Å². The molecule has 0 unspecified atom stereocenters. The second-order valence-corrected chi connectivity index (χ2v) is 5.44. The van der Waals surface area contributed by atoms with Crippen LogP contribution in [0, 0.1) is 6.92 Å². The standard InChI is InChI=1S/C17H24N2O/c1-4-5-12-19(3)17(20)11-10-14-13(2)18-16-9-7-6-8-15(14)16/h6-9,18H,4-5,10-12H2,1-3H3. The molecule has 0 radical (unpaired) electrons. The molecule has 3 heteroatoms. The SMILES string of the molecule is CCCCN(C)C(=O)CCc1c(C)[nH]c2ccccc12. The first-order chi connectivity index (χ1) is 9.63. The van der Waals surface area contributed by atoms with E-state index in [4.69, 9.17) is 0 Å². The molecule has 2 aromatic rings. The summed E-state index contributed by atoms with van der Waals surface area (Å²) in [6.07, 6.45) is 3.60. The number of H-pyrrole nitrogens is 1. The molecule has 3 nitrogen and oxygen atoms in total. The number of aromatic nitrogens is 1. The Morgan fingerprint density at radius 3 is 2.80 bits per heavy atom. The zero-order valence-electron chi connectivity index (χ0n) is 12.7. The Morgan fingerprint density at radius 1 is 1.30 bits per heavy atom. The lowest BCUT2D eigenvalue weighted by Gasteiger charge is -2.16. The number of para-hydroxylation sites is 1. The van der Waals surface area contributed by atoms with Crippen LogP contribution in [-0.2, 0) is 11.2 Å². The number of nitrogens with zero attached hydrogens (tertiary/aromatic N) is 1. The van der Waals surface area contributed by atoms with Crippen molar-refractivity contribution in [1.82, 2.24) is 9.88 Å². The smallest absolute Gasteiger partial charge is 0.222 e. The molecule has 1 aromatic carbocycles. The van der Waals surface area contributed by atoms with Gasteiger partial charge in [-0.1, -0.05) is 31.5 Å². The summed E-state index contributed by atoms with van der Waals surface area (Å²) in [7, 11) is 1.90. The number of fused-ring (bicyclic) bond motifs is 1. The zero-order valence-corrected chi connectivity index (χ0v) is 12.7. The molecule has 0 spiro atoms. The maximum atomic E-state index is 12.1. The molecule has 0 saturated carbocycles. The monoisotopic (exact) mass is 272 g/mol. The minimum absolute atomic E-state index is 0.239.